The summed E-state index contributed by atoms with van der Waals surface area (Å²) in [7, 11) is 0. The SMILES string of the molecule is CCCCCCCCCCCCCCCC(C)(C)C(C)(C(=O)[O][Ti]([O]C(=O)C(C)(C(C)C)C(C)(C)CCCCCCCCCCCCCCC)([O]C(=O)C(C)(C(C)C)C(C)(C)CCCCCCCCCCCCCCC)[O]C(=O)C(C)(C(C)C)C(C)(C)CCCCCCCCCCCCCCC)C(C)C. The molecular formula is C96H188O8Ti. The third kappa shape index (κ3) is 37.4. The van der Waals surface area contributed by atoms with Crippen LogP contribution in [0.2, 0.25) is 0 Å². The summed E-state index contributed by atoms with van der Waals surface area (Å²) in [5, 5.41) is 0. The predicted molar refractivity (Wildman–Crippen MR) is 453 cm³/mol. The molecule has 0 aromatic heterocycles. The van der Waals surface area contributed by atoms with Gasteiger partial charge in [0.25, 0.3) is 0 Å². The molecule has 4 unspecified atom stereocenters. The zero-order valence-electron chi connectivity index (χ0n) is 75.7. The molecule has 0 saturated carbocycles. The molecule has 0 amide bonds. The summed E-state index contributed by atoms with van der Waals surface area (Å²) in [6.45, 7) is 51.1. The summed E-state index contributed by atoms with van der Waals surface area (Å²) < 4.78 is 28.8. The van der Waals surface area contributed by atoms with Gasteiger partial charge in [-0.3, -0.25) is 0 Å². The minimum atomic E-state index is -6.53. The molecule has 8 nitrogen and oxygen atoms in total. The molecule has 0 N–H and O–H groups in total. The van der Waals surface area contributed by atoms with Gasteiger partial charge in [-0.25, -0.2) is 0 Å². The monoisotopic (exact) mass is 1520 g/mol. The van der Waals surface area contributed by atoms with Crippen LogP contribution in [0.4, 0.5) is 0 Å². The first-order valence-electron chi connectivity index (χ1n) is 46.5. The zero-order chi connectivity index (χ0) is 79.5. The fourth-order valence-corrected chi connectivity index (χ4v) is 20.7. The quantitative estimate of drug-likeness (QED) is 0.0438. The summed E-state index contributed by atoms with van der Waals surface area (Å²) in [5.41, 5.74) is -7.28. The fourth-order valence-electron chi connectivity index (χ4n) is 17.6. The molecule has 0 aliphatic carbocycles. The van der Waals surface area contributed by atoms with E-state index in [-0.39, 0.29) is 23.7 Å². The van der Waals surface area contributed by atoms with Crippen molar-refractivity contribution < 1.29 is 50.6 Å². The van der Waals surface area contributed by atoms with Crippen LogP contribution >= 0.6 is 0 Å². The van der Waals surface area contributed by atoms with Gasteiger partial charge in [0.1, 0.15) is 0 Å². The van der Waals surface area contributed by atoms with E-state index in [2.05, 4.69) is 138 Å². The number of carbonyl (C=O) groups is 4. The van der Waals surface area contributed by atoms with E-state index in [9.17, 15) is 0 Å². The van der Waals surface area contributed by atoms with Crippen molar-refractivity contribution in [2.75, 3.05) is 0 Å². The van der Waals surface area contributed by atoms with Crippen LogP contribution in [-0.4, -0.2) is 23.9 Å². The standard InChI is InChI=1S/4C24H48O2.Ti/c4*1-7-8-9-10-11-12-13-14-15-16-17-18-19-20-23(4,5)24(6,21(2)3)22(25)26;/h4*21H,7-20H2,1-6H3,(H,25,26);/q;;;;+4/p-4. The molecule has 624 valence electrons. The maximum atomic E-state index is 16.5. The summed E-state index contributed by atoms with van der Waals surface area (Å²) in [6, 6.07) is 0. The Morgan fingerprint density at radius 3 is 0.410 bits per heavy atom. The van der Waals surface area contributed by atoms with Gasteiger partial charge in [0.2, 0.25) is 0 Å². The van der Waals surface area contributed by atoms with Crippen LogP contribution in [0.15, 0.2) is 0 Å². The van der Waals surface area contributed by atoms with Crippen molar-refractivity contribution in [2.45, 2.75) is 526 Å². The molecule has 0 aliphatic heterocycles. The van der Waals surface area contributed by atoms with Gasteiger partial charge in [0.05, 0.1) is 0 Å². The molecule has 0 radical (unpaired) electrons. The van der Waals surface area contributed by atoms with Gasteiger partial charge in [-0.05, 0) is 0 Å². The molecule has 0 bridgehead atoms. The van der Waals surface area contributed by atoms with E-state index in [1.807, 2.05) is 27.7 Å². The summed E-state index contributed by atoms with van der Waals surface area (Å²) in [4.78, 5) is 66.0. The van der Waals surface area contributed by atoms with E-state index in [1.54, 1.807) is 0 Å². The number of hydrogen-bond acceptors (Lipinski definition) is 8. The molecule has 0 fully saturated rings. The average molecular weight is 1520 g/mol. The second kappa shape index (κ2) is 56.8. The van der Waals surface area contributed by atoms with Crippen LogP contribution in [0.1, 0.15) is 526 Å². The van der Waals surface area contributed by atoms with Crippen molar-refractivity contribution in [1.82, 2.24) is 0 Å². The van der Waals surface area contributed by atoms with E-state index in [4.69, 9.17) is 13.3 Å². The normalized spacial score (nSPS) is 15.6. The molecule has 0 spiro atoms. The van der Waals surface area contributed by atoms with Crippen LogP contribution in [0.25, 0.3) is 0 Å². The van der Waals surface area contributed by atoms with Crippen molar-refractivity contribution in [2.24, 2.45) is 67.0 Å². The number of hydrogen-bond donors (Lipinski definition) is 0. The van der Waals surface area contributed by atoms with E-state index >= 15 is 19.2 Å². The molecule has 0 rings (SSSR count). The Morgan fingerprint density at radius 1 is 0.200 bits per heavy atom. The van der Waals surface area contributed by atoms with Crippen molar-refractivity contribution in [3.8, 4) is 0 Å². The Balaban J connectivity index is 8.01. The maximum absolute atomic E-state index is 16.5. The molecule has 0 aromatic carbocycles. The van der Waals surface area contributed by atoms with Gasteiger partial charge < -0.3 is 0 Å². The summed E-state index contributed by atoms with van der Waals surface area (Å²) in [5.74, 6) is -3.60. The van der Waals surface area contributed by atoms with Crippen LogP contribution < -0.4 is 0 Å². The van der Waals surface area contributed by atoms with Crippen molar-refractivity contribution >= 4 is 23.9 Å². The van der Waals surface area contributed by atoms with Gasteiger partial charge in [0, 0.05) is 0 Å². The zero-order valence-corrected chi connectivity index (χ0v) is 77.2. The van der Waals surface area contributed by atoms with Crippen LogP contribution in [-0.2, 0) is 50.6 Å². The van der Waals surface area contributed by atoms with Crippen molar-refractivity contribution in [3.05, 3.63) is 0 Å². The van der Waals surface area contributed by atoms with E-state index in [1.165, 1.54) is 257 Å². The first-order valence-corrected chi connectivity index (χ1v) is 49.0. The Kier molecular flexibility index (Phi) is 56.0. The Morgan fingerprint density at radius 2 is 0.305 bits per heavy atom. The van der Waals surface area contributed by atoms with Gasteiger partial charge >= 0.3 is 485 Å². The number of rotatable bonds is 72. The minimum absolute atomic E-state index is 0.260. The van der Waals surface area contributed by atoms with Gasteiger partial charge in [-0.2, -0.15) is 0 Å². The first-order chi connectivity index (χ1) is 49.5. The first kappa shape index (κ1) is 104. The number of carbonyl (C=O) groups excluding carboxylic acids is 4. The van der Waals surface area contributed by atoms with Gasteiger partial charge in [-0.1, -0.05) is 182 Å². The molecule has 9 heteroatoms. The van der Waals surface area contributed by atoms with Crippen LogP contribution in [0.3, 0.4) is 0 Å². The molecule has 0 aromatic rings. The van der Waals surface area contributed by atoms with Gasteiger partial charge in [-0.15, -0.1) is 0 Å². The molecule has 0 heterocycles. The summed E-state index contributed by atoms with van der Waals surface area (Å²) in [6.07, 6.45) is 68.0. The summed E-state index contributed by atoms with van der Waals surface area (Å²) >= 11 is -6.53. The van der Waals surface area contributed by atoms with E-state index < -0.39 is 85.3 Å². The second-order valence-corrected chi connectivity index (χ2v) is 41.8. The third-order valence-corrected chi connectivity index (χ3v) is 31.2. The molecule has 0 saturated heterocycles. The average Bonchev–Trinajstić information content (AvgIpc) is 0.745. The Bertz CT molecular complexity index is 1870. The topological polar surface area (TPSA) is 105 Å². The van der Waals surface area contributed by atoms with Gasteiger partial charge in [0.15, 0.2) is 0 Å². The second-order valence-electron chi connectivity index (χ2n) is 39.0. The molecular weight excluding hydrogens is 1330 g/mol. The van der Waals surface area contributed by atoms with Crippen LogP contribution in [0.5, 0.6) is 0 Å². The van der Waals surface area contributed by atoms with E-state index in [0.717, 1.165) is 103 Å². The Hall–Kier alpha value is -1.41. The third-order valence-electron chi connectivity index (χ3n) is 28.4. The molecule has 4 atom stereocenters. The van der Waals surface area contributed by atoms with Crippen molar-refractivity contribution in [3.63, 3.8) is 0 Å². The van der Waals surface area contributed by atoms with Crippen LogP contribution in [0, 0.1) is 67.0 Å². The van der Waals surface area contributed by atoms with Crippen molar-refractivity contribution in [1.29, 1.82) is 0 Å². The predicted octanol–water partition coefficient (Wildman–Crippen LogP) is 32.7. The molecule has 105 heavy (non-hydrogen) atoms. The van der Waals surface area contributed by atoms with E-state index in [0.29, 0.717) is 0 Å². The number of unbranched alkanes of at least 4 members (excludes halogenated alkanes) is 48. The fraction of sp³-hybridized carbons (Fsp3) is 0.958. The Labute approximate surface area is 663 Å². The molecule has 0 aliphatic rings.